The van der Waals surface area contributed by atoms with Crippen molar-refractivity contribution >= 4 is 5.97 Å². The van der Waals surface area contributed by atoms with Gasteiger partial charge in [-0.15, -0.1) is 0 Å². The highest BCUT2D eigenvalue weighted by molar-refractivity contribution is 5.75. The first-order valence-electron chi connectivity index (χ1n) is 3.85. The van der Waals surface area contributed by atoms with Crippen LogP contribution in [0.3, 0.4) is 0 Å². The Balaban J connectivity index is 3.44. The van der Waals surface area contributed by atoms with Gasteiger partial charge in [0.25, 0.3) is 0 Å². The number of esters is 1. The van der Waals surface area contributed by atoms with Gasteiger partial charge in [0, 0.05) is 13.1 Å². The van der Waals surface area contributed by atoms with Crippen LogP contribution in [0.2, 0.25) is 0 Å². The quantitative estimate of drug-likeness (QED) is 0.491. The number of carbonyl (C=O) groups is 1. The van der Waals surface area contributed by atoms with Crippen LogP contribution in [0.4, 0.5) is 0 Å². The Labute approximate surface area is 72.6 Å². The first kappa shape index (κ1) is 11.4. The number of nitrogens with two attached hydrogens (primary N) is 2. The highest BCUT2D eigenvalue weighted by Crippen LogP contribution is 1.84. The number of rotatable bonds is 5. The zero-order valence-corrected chi connectivity index (χ0v) is 7.62. The molecule has 5 nitrogen and oxygen atoms in total. The molecule has 72 valence electrons. The van der Waals surface area contributed by atoms with E-state index < -0.39 is 12.0 Å². The molecule has 0 radical (unpaired) electrons. The molecule has 0 aliphatic carbocycles. The Bertz CT molecular complexity index is 139. The number of hydrogen-bond donors (Lipinski definition) is 2. The van der Waals surface area contributed by atoms with Crippen LogP contribution in [0, 0.1) is 0 Å². The molecular weight excluding hydrogens is 158 g/mol. The monoisotopic (exact) mass is 175 g/mol. The van der Waals surface area contributed by atoms with E-state index in [2.05, 4.69) is 0 Å². The van der Waals surface area contributed by atoms with Crippen LogP contribution >= 0.6 is 0 Å². The summed E-state index contributed by atoms with van der Waals surface area (Å²) in [6.45, 7) is 1.18. The van der Waals surface area contributed by atoms with Crippen molar-refractivity contribution in [3.05, 3.63) is 0 Å². The van der Waals surface area contributed by atoms with E-state index in [9.17, 15) is 4.79 Å². The SMILES string of the molecule is CN(C)CCOC(=O)C(N)CN. The predicted octanol–water partition coefficient (Wildman–Crippen LogP) is -1.62. The normalized spacial score (nSPS) is 13.1. The first-order chi connectivity index (χ1) is 5.57. The van der Waals surface area contributed by atoms with E-state index in [4.69, 9.17) is 16.2 Å². The summed E-state index contributed by atoms with van der Waals surface area (Å²) in [5.41, 5.74) is 10.5. The second-order valence-electron chi connectivity index (χ2n) is 2.81. The molecule has 0 aliphatic heterocycles. The molecule has 0 aromatic rings. The highest BCUT2D eigenvalue weighted by Gasteiger charge is 2.11. The largest absolute Gasteiger partial charge is 0.463 e. The van der Waals surface area contributed by atoms with Crippen molar-refractivity contribution in [3.63, 3.8) is 0 Å². The Morgan fingerprint density at radius 3 is 2.58 bits per heavy atom. The van der Waals surface area contributed by atoms with Crippen LogP contribution in [0.25, 0.3) is 0 Å². The average molecular weight is 175 g/mol. The molecule has 1 unspecified atom stereocenters. The molecule has 0 rings (SSSR count). The van der Waals surface area contributed by atoms with Crippen molar-refractivity contribution in [1.29, 1.82) is 0 Å². The van der Waals surface area contributed by atoms with Crippen molar-refractivity contribution < 1.29 is 9.53 Å². The summed E-state index contributed by atoms with van der Waals surface area (Å²) in [4.78, 5) is 12.8. The summed E-state index contributed by atoms with van der Waals surface area (Å²) < 4.78 is 4.82. The molecule has 1 atom stereocenters. The molecule has 5 heteroatoms. The summed E-state index contributed by atoms with van der Waals surface area (Å²) in [5.74, 6) is -0.431. The van der Waals surface area contributed by atoms with Gasteiger partial charge in [-0.05, 0) is 14.1 Å². The van der Waals surface area contributed by atoms with Crippen LogP contribution in [-0.2, 0) is 9.53 Å². The van der Waals surface area contributed by atoms with Gasteiger partial charge in [-0.3, -0.25) is 4.79 Å². The van der Waals surface area contributed by atoms with Crippen molar-refractivity contribution in [1.82, 2.24) is 4.90 Å². The Morgan fingerprint density at radius 2 is 2.17 bits per heavy atom. The number of likely N-dealkylation sites (N-methyl/N-ethyl adjacent to an activating group) is 1. The molecule has 12 heavy (non-hydrogen) atoms. The lowest BCUT2D eigenvalue weighted by atomic mass is 10.3. The average Bonchev–Trinajstić information content (AvgIpc) is 2.02. The second kappa shape index (κ2) is 5.93. The van der Waals surface area contributed by atoms with Gasteiger partial charge < -0.3 is 21.1 Å². The Morgan fingerprint density at radius 1 is 1.58 bits per heavy atom. The van der Waals surface area contributed by atoms with Crippen LogP contribution in [0.5, 0.6) is 0 Å². The molecule has 0 bridgehead atoms. The van der Waals surface area contributed by atoms with Crippen molar-refractivity contribution in [2.24, 2.45) is 11.5 Å². The zero-order chi connectivity index (χ0) is 9.56. The third-order valence-electron chi connectivity index (χ3n) is 1.34. The molecular formula is C7H17N3O2. The molecule has 0 spiro atoms. The third kappa shape index (κ3) is 5.06. The van der Waals surface area contributed by atoms with E-state index in [0.717, 1.165) is 0 Å². The second-order valence-corrected chi connectivity index (χ2v) is 2.81. The fourth-order valence-electron chi connectivity index (χ4n) is 0.532. The number of carbonyl (C=O) groups excluding carboxylic acids is 1. The fourth-order valence-corrected chi connectivity index (χ4v) is 0.532. The maximum Gasteiger partial charge on any atom is 0.324 e. The molecule has 0 amide bonds. The lowest BCUT2D eigenvalue weighted by Crippen LogP contribution is -2.39. The molecule has 0 saturated heterocycles. The van der Waals surface area contributed by atoms with E-state index in [1.807, 2.05) is 19.0 Å². The molecule has 0 fully saturated rings. The van der Waals surface area contributed by atoms with Crippen molar-refractivity contribution in [2.75, 3.05) is 33.8 Å². The van der Waals surface area contributed by atoms with Crippen molar-refractivity contribution in [2.45, 2.75) is 6.04 Å². The first-order valence-corrected chi connectivity index (χ1v) is 3.85. The van der Waals surface area contributed by atoms with E-state index in [0.29, 0.717) is 13.2 Å². The van der Waals surface area contributed by atoms with Gasteiger partial charge in [-0.2, -0.15) is 0 Å². The van der Waals surface area contributed by atoms with Crippen LogP contribution in [-0.4, -0.2) is 50.7 Å². The van der Waals surface area contributed by atoms with Crippen molar-refractivity contribution in [3.8, 4) is 0 Å². The Hall–Kier alpha value is -0.650. The van der Waals surface area contributed by atoms with Gasteiger partial charge in [0.2, 0.25) is 0 Å². The zero-order valence-electron chi connectivity index (χ0n) is 7.62. The summed E-state index contributed by atoms with van der Waals surface area (Å²) in [6.07, 6.45) is 0. The van der Waals surface area contributed by atoms with E-state index >= 15 is 0 Å². The predicted molar refractivity (Wildman–Crippen MR) is 46.5 cm³/mol. The maximum atomic E-state index is 10.9. The molecule has 0 aliphatic rings. The molecule has 0 saturated carbocycles. The van der Waals surface area contributed by atoms with Gasteiger partial charge >= 0.3 is 5.97 Å². The van der Waals surface area contributed by atoms with E-state index in [1.54, 1.807) is 0 Å². The minimum absolute atomic E-state index is 0.126. The smallest absolute Gasteiger partial charge is 0.324 e. The number of hydrogen-bond acceptors (Lipinski definition) is 5. The summed E-state index contributed by atoms with van der Waals surface area (Å²) >= 11 is 0. The minimum atomic E-state index is -0.688. The molecule has 0 heterocycles. The van der Waals surface area contributed by atoms with Crippen LogP contribution in [0.1, 0.15) is 0 Å². The van der Waals surface area contributed by atoms with Gasteiger partial charge in [0.05, 0.1) is 0 Å². The lowest BCUT2D eigenvalue weighted by molar-refractivity contribution is -0.145. The van der Waals surface area contributed by atoms with Crippen LogP contribution < -0.4 is 11.5 Å². The summed E-state index contributed by atoms with van der Waals surface area (Å²) in [6, 6.07) is -0.688. The minimum Gasteiger partial charge on any atom is -0.463 e. The maximum absolute atomic E-state index is 10.9. The van der Waals surface area contributed by atoms with E-state index in [-0.39, 0.29) is 6.54 Å². The van der Waals surface area contributed by atoms with Gasteiger partial charge in [-0.25, -0.2) is 0 Å². The van der Waals surface area contributed by atoms with Crippen LogP contribution in [0.15, 0.2) is 0 Å². The van der Waals surface area contributed by atoms with Gasteiger partial charge in [0.15, 0.2) is 0 Å². The highest BCUT2D eigenvalue weighted by atomic mass is 16.5. The fraction of sp³-hybridized carbons (Fsp3) is 0.857. The third-order valence-corrected chi connectivity index (χ3v) is 1.34. The standard InChI is InChI=1S/C7H17N3O2/c1-10(2)3-4-12-7(11)6(9)5-8/h6H,3-5,8-9H2,1-2H3. The lowest BCUT2D eigenvalue weighted by Gasteiger charge is -2.12. The molecule has 0 aromatic carbocycles. The molecule has 4 N–H and O–H groups in total. The van der Waals surface area contributed by atoms with Gasteiger partial charge in [-0.1, -0.05) is 0 Å². The number of ether oxygens (including phenoxy) is 1. The molecule has 0 aromatic heterocycles. The Kier molecular flexibility index (Phi) is 5.61. The summed E-state index contributed by atoms with van der Waals surface area (Å²) in [5, 5.41) is 0. The van der Waals surface area contributed by atoms with Gasteiger partial charge in [0.1, 0.15) is 12.6 Å². The number of nitrogens with zero attached hydrogens (tertiary/aromatic N) is 1. The summed E-state index contributed by atoms with van der Waals surface area (Å²) in [7, 11) is 3.80. The topological polar surface area (TPSA) is 81.6 Å². The van der Waals surface area contributed by atoms with E-state index in [1.165, 1.54) is 0 Å².